The summed E-state index contributed by atoms with van der Waals surface area (Å²) >= 11 is 0. The van der Waals surface area contributed by atoms with E-state index in [2.05, 4.69) is 18.4 Å². The summed E-state index contributed by atoms with van der Waals surface area (Å²) in [4.78, 5) is 0. The number of hydrogen-bond acceptors (Lipinski definition) is 3. The number of aliphatic hydroxyl groups is 1. The second kappa shape index (κ2) is 9.41. The third kappa shape index (κ3) is 7.47. The van der Waals surface area contributed by atoms with Gasteiger partial charge in [0.25, 0.3) is 0 Å². The Bertz CT molecular complexity index is 242. The van der Waals surface area contributed by atoms with E-state index in [1.54, 1.807) is 0 Å². The van der Waals surface area contributed by atoms with Crippen molar-refractivity contribution < 1.29 is 9.84 Å². The second-order valence-corrected chi connectivity index (χ2v) is 3.82. The van der Waals surface area contributed by atoms with Crippen molar-refractivity contribution in [1.82, 2.24) is 0 Å². The van der Waals surface area contributed by atoms with Crippen LogP contribution in [0.15, 0.2) is 12.7 Å². The van der Waals surface area contributed by atoms with Crippen molar-refractivity contribution in [2.45, 2.75) is 38.9 Å². The molecule has 0 spiro atoms. The van der Waals surface area contributed by atoms with Crippen LogP contribution in [0.4, 0.5) is 0 Å². The first-order chi connectivity index (χ1) is 7.61. The third-order valence-electron chi connectivity index (χ3n) is 2.25. The van der Waals surface area contributed by atoms with Crippen LogP contribution in [-0.4, -0.2) is 30.5 Å². The zero-order chi connectivity index (χ0) is 12.4. The highest BCUT2D eigenvalue weighted by Crippen LogP contribution is 2.00. The van der Waals surface area contributed by atoms with E-state index >= 15 is 0 Å². The molecule has 0 aromatic carbocycles. The van der Waals surface area contributed by atoms with Gasteiger partial charge in [-0.2, -0.15) is 0 Å². The molecular weight excluding hydrogens is 202 g/mol. The molecule has 0 aromatic heterocycles. The van der Waals surface area contributed by atoms with Gasteiger partial charge in [0.15, 0.2) is 0 Å². The Kier molecular flexibility index (Phi) is 8.93. The number of hydrogen-bond donors (Lipinski definition) is 2. The summed E-state index contributed by atoms with van der Waals surface area (Å²) in [6.45, 7) is 8.33. The smallest absolute Gasteiger partial charge is 0.115 e. The number of aliphatic hydroxyl groups excluding tert-OH is 1. The molecule has 0 aromatic rings. The van der Waals surface area contributed by atoms with Crippen LogP contribution < -0.4 is 5.73 Å². The minimum atomic E-state index is -0.555. The highest BCUT2D eigenvalue weighted by Gasteiger charge is 2.08. The fourth-order valence-corrected chi connectivity index (χ4v) is 1.08. The average Bonchev–Trinajstić information content (AvgIpc) is 2.30. The Morgan fingerprint density at radius 2 is 2.12 bits per heavy atom. The Morgan fingerprint density at radius 1 is 1.44 bits per heavy atom. The minimum absolute atomic E-state index is 0.0998. The molecule has 0 aliphatic carbocycles. The van der Waals surface area contributed by atoms with Crippen molar-refractivity contribution >= 4 is 0 Å². The van der Waals surface area contributed by atoms with Crippen molar-refractivity contribution in [1.29, 1.82) is 0 Å². The molecule has 0 amide bonds. The molecule has 1 unspecified atom stereocenters. The van der Waals surface area contributed by atoms with Crippen LogP contribution in [0.1, 0.15) is 26.7 Å². The summed E-state index contributed by atoms with van der Waals surface area (Å²) in [5, 5.41) is 9.41. The maximum absolute atomic E-state index is 9.41. The maximum atomic E-state index is 9.41. The lowest BCUT2D eigenvalue weighted by Gasteiger charge is -2.11. The van der Waals surface area contributed by atoms with Crippen LogP contribution in [0.5, 0.6) is 0 Å². The maximum Gasteiger partial charge on any atom is 0.115 e. The molecule has 0 fully saturated rings. The monoisotopic (exact) mass is 225 g/mol. The minimum Gasteiger partial charge on any atom is -0.391 e. The standard InChI is InChI=1S/C13H23NO2/c1-4-5-6-9-16-12(3)8-7-11(2)13(15)10-14/h4,11-13,15H,1,5-6,9-10,14H2,2-3H3/t11-,12?,13-/m0/s1. The number of unbranched alkanes of at least 4 members (excludes halogenated alkanes) is 1. The van der Waals surface area contributed by atoms with E-state index in [1.807, 2.05) is 19.9 Å². The van der Waals surface area contributed by atoms with Gasteiger partial charge in [-0.3, -0.25) is 0 Å². The molecule has 0 aliphatic rings. The lowest BCUT2D eigenvalue weighted by atomic mass is 10.1. The molecule has 0 bridgehead atoms. The second-order valence-electron chi connectivity index (χ2n) is 3.82. The normalized spacial score (nSPS) is 15.8. The molecule has 3 heteroatoms. The first-order valence-corrected chi connectivity index (χ1v) is 5.73. The number of rotatable bonds is 7. The number of allylic oxidation sites excluding steroid dienone is 1. The SMILES string of the molecule is C=CCCCOC(C)C#C[C@H](C)[C@@H](O)CN. The average molecular weight is 225 g/mol. The van der Waals surface area contributed by atoms with Crippen LogP contribution in [-0.2, 0) is 4.74 Å². The Hall–Kier alpha value is -0.820. The van der Waals surface area contributed by atoms with Gasteiger partial charge in [-0.1, -0.05) is 17.9 Å². The summed E-state index contributed by atoms with van der Waals surface area (Å²) in [7, 11) is 0. The van der Waals surface area contributed by atoms with E-state index in [9.17, 15) is 5.11 Å². The third-order valence-corrected chi connectivity index (χ3v) is 2.25. The summed E-state index contributed by atoms with van der Waals surface area (Å²) in [6.07, 6.45) is 3.15. The molecule has 92 valence electrons. The highest BCUT2D eigenvalue weighted by atomic mass is 16.5. The van der Waals surface area contributed by atoms with Gasteiger partial charge in [0.05, 0.1) is 6.10 Å². The zero-order valence-corrected chi connectivity index (χ0v) is 10.3. The number of nitrogens with two attached hydrogens (primary N) is 1. The molecule has 3 nitrogen and oxygen atoms in total. The summed E-state index contributed by atoms with van der Waals surface area (Å²) in [6, 6.07) is 0. The Labute approximate surface area is 98.7 Å². The van der Waals surface area contributed by atoms with E-state index in [4.69, 9.17) is 10.5 Å². The van der Waals surface area contributed by atoms with Gasteiger partial charge in [0, 0.05) is 19.1 Å². The van der Waals surface area contributed by atoms with E-state index in [0.29, 0.717) is 6.61 Å². The fourth-order valence-electron chi connectivity index (χ4n) is 1.08. The van der Waals surface area contributed by atoms with Crippen LogP contribution in [0.3, 0.4) is 0 Å². The van der Waals surface area contributed by atoms with E-state index < -0.39 is 6.10 Å². The quantitative estimate of drug-likeness (QED) is 0.390. The zero-order valence-electron chi connectivity index (χ0n) is 10.3. The van der Waals surface area contributed by atoms with Crippen LogP contribution in [0.2, 0.25) is 0 Å². The van der Waals surface area contributed by atoms with Crippen molar-refractivity contribution in [2.24, 2.45) is 11.7 Å². The molecule has 16 heavy (non-hydrogen) atoms. The van der Waals surface area contributed by atoms with Gasteiger partial charge < -0.3 is 15.6 Å². The lowest BCUT2D eigenvalue weighted by molar-refractivity contribution is 0.101. The topological polar surface area (TPSA) is 55.5 Å². The van der Waals surface area contributed by atoms with Crippen LogP contribution in [0, 0.1) is 17.8 Å². The van der Waals surface area contributed by atoms with Crippen molar-refractivity contribution in [3.63, 3.8) is 0 Å². The molecule has 0 saturated heterocycles. The fraction of sp³-hybridized carbons (Fsp3) is 0.692. The molecule has 0 aliphatic heterocycles. The molecule has 0 heterocycles. The summed E-state index contributed by atoms with van der Waals surface area (Å²) in [5.74, 6) is 5.80. The Balaban J connectivity index is 3.80. The molecule has 0 radical (unpaired) electrons. The van der Waals surface area contributed by atoms with Crippen LogP contribution in [0.25, 0.3) is 0 Å². The highest BCUT2D eigenvalue weighted by molar-refractivity contribution is 5.08. The van der Waals surface area contributed by atoms with Gasteiger partial charge in [-0.05, 0) is 26.7 Å². The molecule has 0 rings (SSSR count). The van der Waals surface area contributed by atoms with Crippen LogP contribution >= 0.6 is 0 Å². The van der Waals surface area contributed by atoms with E-state index in [-0.39, 0.29) is 18.6 Å². The van der Waals surface area contributed by atoms with Gasteiger partial charge in [-0.15, -0.1) is 6.58 Å². The van der Waals surface area contributed by atoms with Crippen molar-refractivity contribution in [2.75, 3.05) is 13.2 Å². The van der Waals surface area contributed by atoms with Gasteiger partial charge >= 0.3 is 0 Å². The number of ether oxygens (including phenoxy) is 1. The van der Waals surface area contributed by atoms with Crippen molar-refractivity contribution in [3.05, 3.63) is 12.7 Å². The predicted molar refractivity (Wildman–Crippen MR) is 66.8 cm³/mol. The van der Waals surface area contributed by atoms with E-state index in [1.165, 1.54) is 0 Å². The summed E-state index contributed by atoms with van der Waals surface area (Å²) < 4.78 is 5.47. The molecule has 3 N–H and O–H groups in total. The lowest BCUT2D eigenvalue weighted by Crippen LogP contribution is -2.26. The van der Waals surface area contributed by atoms with Crippen molar-refractivity contribution in [3.8, 4) is 11.8 Å². The first kappa shape index (κ1) is 15.2. The Morgan fingerprint density at radius 3 is 2.69 bits per heavy atom. The largest absolute Gasteiger partial charge is 0.391 e. The predicted octanol–water partition coefficient (Wildman–Crippen LogP) is 1.32. The summed E-state index contributed by atoms with van der Waals surface area (Å²) in [5.41, 5.74) is 5.33. The van der Waals surface area contributed by atoms with Gasteiger partial charge in [0.2, 0.25) is 0 Å². The van der Waals surface area contributed by atoms with Gasteiger partial charge in [0.1, 0.15) is 6.10 Å². The molecule has 3 atom stereocenters. The first-order valence-electron chi connectivity index (χ1n) is 5.73. The molecular formula is C13H23NO2. The van der Waals surface area contributed by atoms with E-state index in [0.717, 1.165) is 12.8 Å². The van der Waals surface area contributed by atoms with Gasteiger partial charge in [-0.25, -0.2) is 0 Å². The molecule has 0 saturated carbocycles.